The van der Waals surface area contributed by atoms with E-state index in [1.807, 2.05) is 11.0 Å². The maximum absolute atomic E-state index is 13.0. The normalized spacial score (nSPS) is 20.0. The molecule has 1 unspecified atom stereocenters. The van der Waals surface area contributed by atoms with Crippen molar-refractivity contribution in [2.45, 2.75) is 18.7 Å². The summed E-state index contributed by atoms with van der Waals surface area (Å²) in [6.07, 6.45) is -3.91. The second-order valence-electron chi connectivity index (χ2n) is 6.80. The first kappa shape index (κ1) is 20.9. The predicted molar refractivity (Wildman–Crippen MR) is 109 cm³/mol. The monoisotopic (exact) mass is 451 g/mol. The molecule has 162 valence electrons. The summed E-state index contributed by atoms with van der Waals surface area (Å²) in [5, 5.41) is 6.28. The van der Waals surface area contributed by atoms with Gasteiger partial charge in [-0.2, -0.15) is 13.2 Å². The fourth-order valence-corrected chi connectivity index (χ4v) is 4.18. The smallest absolute Gasteiger partial charge is 0.437 e. The molecule has 31 heavy (non-hydrogen) atoms. The largest absolute Gasteiger partial charge is 0.444 e. The van der Waals surface area contributed by atoms with Gasteiger partial charge in [0.05, 0.1) is 17.1 Å². The van der Waals surface area contributed by atoms with Gasteiger partial charge in [0.25, 0.3) is 0 Å². The maximum Gasteiger partial charge on any atom is 0.437 e. The lowest BCUT2D eigenvalue weighted by Crippen LogP contribution is -2.26. The molecular formula is C20H16F3N3O4S. The van der Waals surface area contributed by atoms with Gasteiger partial charge in [-0.3, -0.25) is 5.32 Å². The van der Waals surface area contributed by atoms with E-state index in [4.69, 9.17) is 4.74 Å². The van der Waals surface area contributed by atoms with Crippen LogP contribution in [0.15, 0.2) is 53.2 Å². The number of thiophene rings is 1. The predicted octanol–water partition coefficient (Wildman–Crippen LogP) is 4.43. The molecule has 11 heteroatoms. The minimum atomic E-state index is -4.78. The molecule has 1 fully saturated rings. The van der Waals surface area contributed by atoms with E-state index in [9.17, 15) is 22.8 Å². The van der Waals surface area contributed by atoms with E-state index in [-0.39, 0.29) is 6.10 Å². The molecule has 3 heterocycles. The fraction of sp³-hybridized carbons (Fsp3) is 0.250. The van der Waals surface area contributed by atoms with E-state index >= 15 is 0 Å². The van der Waals surface area contributed by atoms with Gasteiger partial charge < -0.3 is 14.5 Å². The number of oxime groups is 1. The summed E-state index contributed by atoms with van der Waals surface area (Å²) in [6, 6.07) is 12.3. The van der Waals surface area contributed by atoms with Gasteiger partial charge in [-0.15, -0.1) is 11.3 Å². The first-order valence-electron chi connectivity index (χ1n) is 9.25. The Morgan fingerprint density at radius 1 is 1.26 bits per heavy atom. The molecule has 0 saturated carbocycles. The Bertz CT molecular complexity index is 1050. The molecule has 1 amide bonds. The average Bonchev–Trinajstić information content (AvgIpc) is 3.43. The van der Waals surface area contributed by atoms with Gasteiger partial charge in [0.2, 0.25) is 0 Å². The summed E-state index contributed by atoms with van der Waals surface area (Å²) >= 11 is 1.22. The Balaban J connectivity index is 1.37. The third kappa shape index (κ3) is 4.88. The Hall–Kier alpha value is -3.34. The van der Waals surface area contributed by atoms with Crippen molar-refractivity contribution in [2.75, 3.05) is 23.3 Å². The van der Waals surface area contributed by atoms with Crippen LogP contribution in [0.3, 0.4) is 0 Å². The van der Waals surface area contributed by atoms with Gasteiger partial charge in [0, 0.05) is 23.5 Å². The van der Waals surface area contributed by atoms with Crippen LogP contribution in [-0.4, -0.2) is 43.1 Å². The SMILES string of the molecule is O=C(Nc1ccccc1)OC1CCN(c2ccc(C=C3C(=O)ON=C3C(F)(F)F)s2)C1. The van der Waals surface area contributed by atoms with Crippen LogP contribution >= 0.6 is 11.3 Å². The van der Waals surface area contributed by atoms with Crippen molar-refractivity contribution in [2.24, 2.45) is 5.16 Å². The van der Waals surface area contributed by atoms with E-state index in [0.29, 0.717) is 30.1 Å². The van der Waals surface area contributed by atoms with Crippen LogP contribution in [0.1, 0.15) is 11.3 Å². The van der Waals surface area contributed by atoms with Crippen molar-refractivity contribution >= 4 is 45.9 Å². The Kier molecular flexibility index (Phi) is 5.68. The van der Waals surface area contributed by atoms with Crippen LogP contribution in [0.4, 0.5) is 28.7 Å². The Morgan fingerprint density at radius 3 is 2.77 bits per heavy atom. The first-order chi connectivity index (χ1) is 14.8. The zero-order valence-corrected chi connectivity index (χ0v) is 16.7. The number of halogens is 3. The van der Waals surface area contributed by atoms with Crippen LogP contribution in [0, 0.1) is 0 Å². The number of amides is 1. The first-order valence-corrected chi connectivity index (χ1v) is 10.1. The van der Waals surface area contributed by atoms with Gasteiger partial charge in [0.1, 0.15) is 6.10 Å². The highest BCUT2D eigenvalue weighted by molar-refractivity contribution is 7.17. The molecule has 1 aromatic heterocycles. The zero-order valence-electron chi connectivity index (χ0n) is 15.9. The Morgan fingerprint density at radius 2 is 2.03 bits per heavy atom. The molecule has 0 spiro atoms. The van der Waals surface area contributed by atoms with Crippen LogP contribution in [0.5, 0.6) is 0 Å². The van der Waals surface area contributed by atoms with Gasteiger partial charge in [-0.1, -0.05) is 23.4 Å². The second kappa shape index (κ2) is 8.42. The molecule has 0 bridgehead atoms. The van der Waals surface area contributed by atoms with Crippen molar-refractivity contribution in [3.63, 3.8) is 0 Å². The van der Waals surface area contributed by atoms with E-state index in [1.54, 1.807) is 36.4 Å². The third-order valence-corrected chi connectivity index (χ3v) is 5.71. The van der Waals surface area contributed by atoms with Gasteiger partial charge in [-0.25, -0.2) is 9.59 Å². The number of rotatable bonds is 4. The van der Waals surface area contributed by atoms with E-state index < -0.39 is 29.5 Å². The van der Waals surface area contributed by atoms with Crippen LogP contribution in [0.25, 0.3) is 6.08 Å². The maximum atomic E-state index is 13.0. The molecule has 2 aliphatic heterocycles. The molecule has 1 atom stereocenters. The van der Waals surface area contributed by atoms with E-state index in [2.05, 4.69) is 15.3 Å². The number of para-hydroxylation sites is 1. The molecule has 1 saturated heterocycles. The molecule has 2 aromatic rings. The third-order valence-electron chi connectivity index (χ3n) is 4.61. The van der Waals surface area contributed by atoms with Gasteiger partial charge in [0.15, 0.2) is 5.71 Å². The molecule has 0 aliphatic carbocycles. The van der Waals surface area contributed by atoms with Crippen LogP contribution in [0.2, 0.25) is 0 Å². The Labute approximate surface area is 178 Å². The van der Waals surface area contributed by atoms with E-state index in [1.165, 1.54) is 11.3 Å². The number of hydrogen-bond donors (Lipinski definition) is 1. The minimum Gasteiger partial charge on any atom is -0.444 e. The molecule has 0 radical (unpaired) electrons. The molecule has 7 nitrogen and oxygen atoms in total. The van der Waals surface area contributed by atoms with Crippen molar-refractivity contribution in [1.82, 2.24) is 0 Å². The minimum absolute atomic E-state index is 0.318. The summed E-state index contributed by atoms with van der Waals surface area (Å²) in [5.41, 5.74) is -1.34. The number of alkyl halides is 3. The standard InChI is InChI=1S/C20H16F3N3O4S/c21-20(22,23)17-15(18(27)30-25-17)10-14-6-7-16(31-14)26-9-8-13(11-26)29-19(28)24-12-4-2-1-3-5-12/h1-7,10,13H,8-9,11H2,(H,24,28). The molecule has 1 aromatic carbocycles. The topological polar surface area (TPSA) is 80.2 Å². The van der Waals surface area contributed by atoms with Crippen molar-refractivity contribution < 1.29 is 32.3 Å². The number of carbonyl (C=O) groups is 2. The number of benzene rings is 1. The highest BCUT2D eigenvalue weighted by atomic mass is 32.1. The fourth-order valence-electron chi connectivity index (χ4n) is 3.19. The van der Waals surface area contributed by atoms with Gasteiger partial charge >= 0.3 is 18.2 Å². The highest BCUT2D eigenvalue weighted by Crippen LogP contribution is 2.33. The lowest BCUT2D eigenvalue weighted by molar-refractivity contribution is -0.136. The molecular weight excluding hydrogens is 435 g/mol. The lowest BCUT2D eigenvalue weighted by Gasteiger charge is -2.16. The number of hydrogen-bond acceptors (Lipinski definition) is 7. The molecule has 4 rings (SSSR count). The number of nitrogens with zero attached hydrogens (tertiary/aromatic N) is 2. The average molecular weight is 451 g/mol. The van der Waals surface area contributed by atoms with Crippen molar-refractivity contribution in [3.05, 3.63) is 52.9 Å². The molecule has 2 aliphatic rings. The second-order valence-corrected chi connectivity index (χ2v) is 7.90. The zero-order chi connectivity index (χ0) is 22.0. The quantitative estimate of drug-likeness (QED) is 0.549. The molecule has 1 N–H and O–H groups in total. The van der Waals surface area contributed by atoms with Crippen LogP contribution < -0.4 is 10.2 Å². The van der Waals surface area contributed by atoms with Crippen LogP contribution in [-0.2, 0) is 14.4 Å². The summed E-state index contributed by atoms with van der Waals surface area (Å²) in [4.78, 5) is 30.3. The lowest BCUT2D eigenvalue weighted by atomic mass is 10.1. The number of ether oxygens (including phenoxy) is 1. The van der Waals surface area contributed by atoms with Crippen molar-refractivity contribution in [3.8, 4) is 0 Å². The van der Waals surface area contributed by atoms with Gasteiger partial charge in [-0.05, 0) is 30.3 Å². The number of nitrogens with one attached hydrogen (secondary N) is 1. The highest BCUT2D eigenvalue weighted by Gasteiger charge is 2.45. The van der Waals surface area contributed by atoms with E-state index in [0.717, 1.165) is 11.1 Å². The summed E-state index contributed by atoms with van der Waals surface area (Å²) in [5.74, 6) is -1.14. The number of carbonyl (C=O) groups excluding carboxylic acids is 2. The summed E-state index contributed by atoms with van der Waals surface area (Å²) in [7, 11) is 0. The number of anilines is 2. The summed E-state index contributed by atoms with van der Waals surface area (Å²) < 4.78 is 44.3. The van der Waals surface area contributed by atoms with Crippen molar-refractivity contribution in [1.29, 1.82) is 0 Å². The summed E-state index contributed by atoms with van der Waals surface area (Å²) in [6.45, 7) is 1.08.